The normalized spacial score (nSPS) is 12.2. The Morgan fingerprint density at radius 1 is 1.39 bits per heavy atom. The number of nitrogens with one attached hydrogen (secondary N) is 1. The molecule has 0 aliphatic rings. The first-order valence-electron chi connectivity index (χ1n) is 7.53. The van der Waals surface area contributed by atoms with Crippen LogP contribution in [-0.2, 0) is 11.2 Å². The van der Waals surface area contributed by atoms with Gasteiger partial charge < -0.3 is 15.2 Å². The van der Waals surface area contributed by atoms with E-state index in [1.807, 2.05) is 43.5 Å². The Bertz CT molecular complexity index is 655. The number of nitrogens with zero attached hydrogens (tertiary/aromatic N) is 1. The molecule has 1 aromatic heterocycles. The Morgan fingerprint density at radius 3 is 2.78 bits per heavy atom. The molecule has 1 aromatic carbocycles. The summed E-state index contributed by atoms with van der Waals surface area (Å²) in [7, 11) is 1.63. The van der Waals surface area contributed by atoms with Crippen LogP contribution in [0.4, 0.5) is 0 Å². The van der Waals surface area contributed by atoms with E-state index in [1.54, 1.807) is 7.11 Å². The third-order valence-electron chi connectivity index (χ3n) is 3.58. The number of aliphatic hydroxyl groups is 1. The van der Waals surface area contributed by atoms with Crippen molar-refractivity contribution in [3.63, 3.8) is 0 Å². The summed E-state index contributed by atoms with van der Waals surface area (Å²) in [4.78, 5) is 16.6. The molecule has 0 saturated heterocycles. The van der Waals surface area contributed by atoms with Gasteiger partial charge in [-0.05, 0) is 18.1 Å². The number of ether oxygens (including phenoxy) is 1. The summed E-state index contributed by atoms with van der Waals surface area (Å²) >= 11 is 1.48. The molecule has 0 unspecified atom stereocenters. The first-order chi connectivity index (χ1) is 11.0. The van der Waals surface area contributed by atoms with Crippen molar-refractivity contribution in [3.05, 3.63) is 35.3 Å². The van der Waals surface area contributed by atoms with E-state index in [2.05, 4.69) is 10.3 Å². The number of carbonyl (C=O) groups is 1. The van der Waals surface area contributed by atoms with Gasteiger partial charge in [-0.15, -0.1) is 11.3 Å². The van der Waals surface area contributed by atoms with Gasteiger partial charge in [0.15, 0.2) is 0 Å². The number of rotatable bonds is 7. The van der Waals surface area contributed by atoms with Crippen LogP contribution in [0.2, 0.25) is 0 Å². The van der Waals surface area contributed by atoms with Crippen molar-refractivity contribution in [2.24, 2.45) is 5.92 Å². The largest absolute Gasteiger partial charge is 0.496 e. The van der Waals surface area contributed by atoms with Crippen LogP contribution in [0, 0.1) is 5.92 Å². The van der Waals surface area contributed by atoms with Crippen LogP contribution in [0.25, 0.3) is 10.6 Å². The number of amides is 1. The topological polar surface area (TPSA) is 71.5 Å². The highest BCUT2D eigenvalue weighted by molar-refractivity contribution is 7.13. The number of hydrogen-bond donors (Lipinski definition) is 2. The van der Waals surface area contributed by atoms with E-state index in [4.69, 9.17) is 4.74 Å². The van der Waals surface area contributed by atoms with E-state index < -0.39 is 0 Å². The fourth-order valence-corrected chi connectivity index (χ4v) is 3.03. The molecular formula is C17H22N2O3S. The van der Waals surface area contributed by atoms with Gasteiger partial charge in [0.25, 0.3) is 0 Å². The number of benzene rings is 1. The molecule has 1 atom stereocenters. The lowest BCUT2D eigenvalue weighted by Gasteiger charge is -2.19. The van der Waals surface area contributed by atoms with Gasteiger partial charge in [-0.1, -0.05) is 26.0 Å². The van der Waals surface area contributed by atoms with Crippen molar-refractivity contribution in [2.45, 2.75) is 26.3 Å². The van der Waals surface area contributed by atoms with Gasteiger partial charge in [0, 0.05) is 5.38 Å². The van der Waals surface area contributed by atoms with E-state index in [1.165, 1.54) is 11.3 Å². The van der Waals surface area contributed by atoms with Crippen molar-refractivity contribution in [2.75, 3.05) is 13.7 Å². The summed E-state index contributed by atoms with van der Waals surface area (Å²) < 4.78 is 5.34. The van der Waals surface area contributed by atoms with Crippen molar-refractivity contribution in [1.29, 1.82) is 0 Å². The highest BCUT2D eigenvalue weighted by Crippen LogP contribution is 2.31. The molecule has 2 aromatic rings. The first-order valence-corrected chi connectivity index (χ1v) is 8.41. The fraction of sp³-hybridized carbons (Fsp3) is 0.412. The molecule has 5 nitrogen and oxygen atoms in total. The zero-order chi connectivity index (χ0) is 16.8. The molecule has 0 aliphatic carbocycles. The number of hydrogen-bond acceptors (Lipinski definition) is 5. The van der Waals surface area contributed by atoms with Gasteiger partial charge in [-0.2, -0.15) is 0 Å². The molecule has 1 heterocycles. The average molecular weight is 334 g/mol. The lowest BCUT2D eigenvalue weighted by atomic mass is 10.1. The zero-order valence-corrected chi connectivity index (χ0v) is 14.4. The lowest BCUT2D eigenvalue weighted by molar-refractivity contribution is -0.121. The maximum absolute atomic E-state index is 12.1. The predicted molar refractivity (Wildman–Crippen MR) is 91.7 cm³/mol. The highest BCUT2D eigenvalue weighted by atomic mass is 32.1. The Balaban J connectivity index is 2.06. The molecule has 2 N–H and O–H groups in total. The predicted octanol–water partition coefficient (Wildman–Crippen LogP) is 2.49. The molecule has 0 bridgehead atoms. The van der Waals surface area contributed by atoms with Gasteiger partial charge in [-0.3, -0.25) is 4.79 Å². The molecular weight excluding hydrogens is 312 g/mol. The quantitative estimate of drug-likeness (QED) is 0.816. The Labute approximate surface area is 140 Å². The molecule has 2 rings (SSSR count). The highest BCUT2D eigenvalue weighted by Gasteiger charge is 2.17. The Morgan fingerprint density at radius 2 is 2.13 bits per heavy atom. The van der Waals surface area contributed by atoms with Crippen molar-refractivity contribution < 1.29 is 14.6 Å². The summed E-state index contributed by atoms with van der Waals surface area (Å²) in [6, 6.07) is 7.44. The second-order valence-electron chi connectivity index (χ2n) is 5.62. The molecule has 23 heavy (non-hydrogen) atoms. The molecule has 0 aliphatic heterocycles. The van der Waals surface area contributed by atoms with Crippen LogP contribution < -0.4 is 10.1 Å². The minimum Gasteiger partial charge on any atom is -0.496 e. The summed E-state index contributed by atoms with van der Waals surface area (Å²) in [6.45, 7) is 3.86. The third-order valence-corrected chi connectivity index (χ3v) is 4.50. The first kappa shape index (κ1) is 17.4. The molecule has 1 amide bonds. The van der Waals surface area contributed by atoms with E-state index in [9.17, 15) is 9.90 Å². The number of carbonyl (C=O) groups excluding carboxylic acids is 1. The average Bonchev–Trinajstić information content (AvgIpc) is 3.00. The van der Waals surface area contributed by atoms with E-state index in [0.717, 1.165) is 16.3 Å². The standard InChI is InChI=1S/C17H22N2O3S/c1-11(2)14(9-20)19-16(21)8-12-10-23-17(18-12)13-6-4-5-7-15(13)22-3/h4-7,10-11,14,20H,8-9H2,1-3H3,(H,19,21)/t14-/m1/s1. The van der Waals surface area contributed by atoms with Crippen molar-refractivity contribution in [1.82, 2.24) is 10.3 Å². The van der Waals surface area contributed by atoms with Gasteiger partial charge in [0.05, 0.1) is 37.4 Å². The number of aromatic nitrogens is 1. The minimum absolute atomic E-state index is 0.0626. The van der Waals surface area contributed by atoms with Crippen molar-refractivity contribution in [3.8, 4) is 16.3 Å². The van der Waals surface area contributed by atoms with Gasteiger partial charge in [0.1, 0.15) is 10.8 Å². The monoisotopic (exact) mass is 334 g/mol. The van der Waals surface area contributed by atoms with Crippen LogP contribution in [0.3, 0.4) is 0 Å². The number of thiazole rings is 1. The molecule has 0 radical (unpaired) electrons. The molecule has 124 valence electrons. The Hall–Kier alpha value is -1.92. The van der Waals surface area contributed by atoms with E-state index in [0.29, 0.717) is 5.69 Å². The SMILES string of the molecule is COc1ccccc1-c1nc(CC(=O)N[C@H](CO)C(C)C)cs1. The fourth-order valence-electron chi connectivity index (χ4n) is 2.18. The van der Waals surface area contributed by atoms with E-state index >= 15 is 0 Å². The number of para-hydroxylation sites is 1. The number of methoxy groups -OCH3 is 1. The van der Waals surface area contributed by atoms with Crippen LogP contribution >= 0.6 is 11.3 Å². The van der Waals surface area contributed by atoms with Crippen LogP contribution in [0.15, 0.2) is 29.6 Å². The van der Waals surface area contributed by atoms with Crippen LogP contribution in [-0.4, -0.2) is 35.8 Å². The smallest absolute Gasteiger partial charge is 0.226 e. The van der Waals surface area contributed by atoms with Gasteiger partial charge in [0.2, 0.25) is 5.91 Å². The van der Waals surface area contributed by atoms with Gasteiger partial charge in [-0.25, -0.2) is 4.98 Å². The summed E-state index contributed by atoms with van der Waals surface area (Å²) in [5.41, 5.74) is 1.64. The van der Waals surface area contributed by atoms with Crippen molar-refractivity contribution >= 4 is 17.2 Å². The number of aliphatic hydroxyl groups excluding tert-OH is 1. The third kappa shape index (κ3) is 4.53. The summed E-state index contributed by atoms with van der Waals surface area (Å²) in [5.74, 6) is 0.816. The van der Waals surface area contributed by atoms with Crippen LogP contribution in [0.1, 0.15) is 19.5 Å². The molecule has 6 heteroatoms. The summed E-state index contributed by atoms with van der Waals surface area (Å²) in [6.07, 6.45) is 0.203. The van der Waals surface area contributed by atoms with Crippen LogP contribution in [0.5, 0.6) is 5.75 Å². The molecule has 0 spiro atoms. The zero-order valence-electron chi connectivity index (χ0n) is 13.6. The minimum atomic E-state index is -0.227. The lowest BCUT2D eigenvalue weighted by Crippen LogP contribution is -2.41. The molecule has 0 fully saturated rings. The maximum Gasteiger partial charge on any atom is 0.226 e. The van der Waals surface area contributed by atoms with E-state index in [-0.39, 0.29) is 30.9 Å². The second-order valence-corrected chi connectivity index (χ2v) is 6.48. The Kier molecular flexibility index (Phi) is 6.12. The second kappa shape index (κ2) is 8.08. The summed E-state index contributed by atoms with van der Waals surface area (Å²) in [5, 5.41) is 14.8. The molecule has 0 saturated carbocycles. The maximum atomic E-state index is 12.1. The van der Waals surface area contributed by atoms with Gasteiger partial charge >= 0.3 is 0 Å².